The molecule has 0 aromatic heterocycles. The second-order valence-corrected chi connectivity index (χ2v) is 6.96. The van der Waals surface area contributed by atoms with Gasteiger partial charge in [-0.3, -0.25) is 0 Å². The normalized spacial score (nSPS) is 12.4. The van der Waals surface area contributed by atoms with Crippen molar-refractivity contribution >= 4 is 16.5 Å². The number of unbranched alkanes of at least 4 members (excludes halogenated alkanes) is 4. The zero-order valence-electron chi connectivity index (χ0n) is 15.2. The molecule has 0 saturated carbocycles. The lowest BCUT2D eigenvalue weighted by molar-refractivity contribution is 0.581. The average molecular weight is 332 g/mol. The first-order chi connectivity index (χ1) is 12.3. The van der Waals surface area contributed by atoms with Crippen LogP contribution in [0.4, 0.5) is 5.69 Å². The van der Waals surface area contributed by atoms with E-state index in [0.717, 1.165) is 12.1 Å². The predicted octanol–water partition coefficient (Wildman–Crippen LogP) is 6.91. The Morgan fingerprint density at radius 3 is 2.28 bits per heavy atom. The highest BCUT2D eigenvalue weighted by molar-refractivity contribution is 5.94. The van der Waals surface area contributed by atoms with Gasteiger partial charge in [0.1, 0.15) is 0 Å². The molecule has 1 atom stereocenters. The molecule has 0 fully saturated rings. The number of rotatable bonds is 8. The van der Waals surface area contributed by atoms with E-state index in [1.54, 1.807) is 0 Å². The molecule has 3 aromatic rings. The van der Waals surface area contributed by atoms with Gasteiger partial charge < -0.3 is 5.73 Å². The van der Waals surface area contributed by atoms with Crippen LogP contribution in [0.2, 0.25) is 0 Å². The van der Waals surface area contributed by atoms with Gasteiger partial charge in [0.05, 0.1) is 0 Å². The number of hydrogen-bond donors (Lipinski definition) is 1. The van der Waals surface area contributed by atoms with Crippen molar-refractivity contribution in [1.29, 1.82) is 0 Å². The Hall–Kier alpha value is -2.28. The topological polar surface area (TPSA) is 26.0 Å². The molecule has 0 aliphatic rings. The van der Waals surface area contributed by atoms with Crippen LogP contribution < -0.4 is 5.73 Å². The molecule has 1 nitrogen and oxygen atoms in total. The van der Waals surface area contributed by atoms with E-state index in [9.17, 15) is 0 Å². The minimum atomic E-state index is 0.382. The first-order valence-corrected chi connectivity index (χ1v) is 9.63. The third-order valence-corrected chi connectivity index (χ3v) is 5.18. The lowest BCUT2D eigenvalue weighted by Crippen LogP contribution is -2.05. The fourth-order valence-electron chi connectivity index (χ4n) is 3.76. The fraction of sp³-hybridized carbons (Fsp3) is 0.333. The molecule has 0 spiro atoms. The third kappa shape index (κ3) is 4.22. The van der Waals surface area contributed by atoms with Crippen LogP contribution in [0.1, 0.15) is 62.5 Å². The summed E-state index contributed by atoms with van der Waals surface area (Å²) < 4.78 is 0. The Kier molecular flexibility index (Phi) is 6.11. The van der Waals surface area contributed by atoms with Gasteiger partial charge in [-0.15, -0.1) is 0 Å². The Morgan fingerprint density at radius 1 is 0.760 bits per heavy atom. The summed E-state index contributed by atoms with van der Waals surface area (Å²) in [4.78, 5) is 0. The zero-order valence-corrected chi connectivity index (χ0v) is 15.2. The second-order valence-electron chi connectivity index (χ2n) is 6.96. The summed E-state index contributed by atoms with van der Waals surface area (Å²) in [6.45, 7) is 2.27. The lowest BCUT2D eigenvalue weighted by Gasteiger charge is -2.21. The first-order valence-electron chi connectivity index (χ1n) is 9.63. The van der Waals surface area contributed by atoms with E-state index in [2.05, 4.69) is 73.7 Å². The van der Waals surface area contributed by atoms with Crippen molar-refractivity contribution in [2.24, 2.45) is 0 Å². The number of nitrogens with two attached hydrogens (primary N) is 1. The van der Waals surface area contributed by atoms with Crippen LogP contribution in [0.15, 0.2) is 66.7 Å². The van der Waals surface area contributed by atoms with Crippen molar-refractivity contribution in [3.05, 3.63) is 77.9 Å². The summed E-state index contributed by atoms with van der Waals surface area (Å²) >= 11 is 0. The summed E-state index contributed by atoms with van der Waals surface area (Å²) in [6.07, 6.45) is 7.70. The maximum atomic E-state index is 6.61. The van der Waals surface area contributed by atoms with Gasteiger partial charge in [-0.05, 0) is 22.9 Å². The highest BCUT2D eigenvalue weighted by atomic mass is 14.6. The number of anilines is 1. The van der Waals surface area contributed by atoms with Crippen molar-refractivity contribution in [1.82, 2.24) is 0 Å². The van der Waals surface area contributed by atoms with E-state index < -0.39 is 0 Å². The van der Waals surface area contributed by atoms with E-state index in [0.29, 0.717) is 5.92 Å². The Morgan fingerprint density at radius 2 is 1.48 bits per heavy atom. The van der Waals surface area contributed by atoms with E-state index in [1.165, 1.54) is 54.0 Å². The maximum absolute atomic E-state index is 6.61. The molecule has 0 bridgehead atoms. The second kappa shape index (κ2) is 8.71. The molecule has 0 saturated heterocycles. The lowest BCUT2D eigenvalue weighted by atomic mass is 9.84. The number of benzene rings is 3. The van der Waals surface area contributed by atoms with Crippen LogP contribution in [-0.2, 0) is 0 Å². The van der Waals surface area contributed by atoms with Crippen LogP contribution in [-0.4, -0.2) is 0 Å². The van der Waals surface area contributed by atoms with Gasteiger partial charge in [0.15, 0.2) is 0 Å². The summed E-state index contributed by atoms with van der Waals surface area (Å²) in [5.41, 5.74) is 10.2. The van der Waals surface area contributed by atoms with Crippen LogP contribution in [0, 0.1) is 0 Å². The first kappa shape index (κ1) is 17.5. The van der Waals surface area contributed by atoms with Gasteiger partial charge in [0, 0.05) is 17.0 Å². The monoisotopic (exact) mass is 331 g/mol. The van der Waals surface area contributed by atoms with Gasteiger partial charge in [0.25, 0.3) is 0 Å². The van der Waals surface area contributed by atoms with E-state index in [1.807, 2.05) is 0 Å². The van der Waals surface area contributed by atoms with Crippen molar-refractivity contribution < 1.29 is 0 Å². The predicted molar refractivity (Wildman–Crippen MR) is 110 cm³/mol. The van der Waals surface area contributed by atoms with Crippen LogP contribution >= 0.6 is 0 Å². The highest BCUT2D eigenvalue weighted by Crippen LogP contribution is 2.36. The summed E-state index contributed by atoms with van der Waals surface area (Å²) in [7, 11) is 0. The molecular weight excluding hydrogens is 302 g/mol. The molecule has 130 valence electrons. The van der Waals surface area contributed by atoms with E-state index in [4.69, 9.17) is 5.73 Å². The number of nitrogen functional groups attached to an aromatic ring is 1. The fourth-order valence-corrected chi connectivity index (χ4v) is 3.76. The van der Waals surface area contributed by atoms with Crippen molar-refractivity contribution in [3.63, 3.8) is 0 Å². The molecule has 0 aliphatic heterocycles. The van der Waals surface area contributed by atoms with Crippen LogP contribution in [0.25, 0.3) is 10.8 Å². The third-order valence-electron chi connectivity index (χ3n) is 5.18. The van der Waals surface area contributed by atoms with Crippen molar-refractivity contribution in [2.75, 3.05) is 5.73 Å². The van der Waals surface area contributed by atoms with E-state index >= 15 is 0 Å². The highest BCUT2D eigenvalue weighted by Gasteiger charge is 2.17. The van der Waals surface area contributed by atoms with Gasteiger partial charge >= 0.3 is 0 Å². The molecule has 0 heterocycles. The molecule has 0 aliphatic carbocycles. The molecular formula is C24H29N. The van der Waals surface area contributed by atoms with Crippen LogP contribution in [0.5, 0.6) is 0 Å². The van der Waals surface area contributed by atoms with Crippen molar-refractivity contribution in [3.8, 4) is 0 Å². The summed E-state index contributed by atoms with van der Waals surface area (Å²) in [5, 5.41) is 2.39. The number of hydrogen-bond acceptors (Lipinski definition) is 1. The number of fused-ring (bicyclic) bond motifs is 1. The van der Waals surface area contributed by atoms with E-state index in [-0.39, 0.29) is 0 Å². The molecule has 25 heavy (non-hydrogen) atoms. The largest absolute Gasteiger partial charge is 0.398 e. The quantitative estimate of drug-likeness (QED) is 0.352. The minimum absolute atomic E-state index is 0.382. The summed E-state index contributed by atoms with van der Waals surface area (Å²) in [6, 6.07) is 23.7. The average Bonchev–Trinajstić information content (AvgIpc) is 2.67. The Balaban J connectivity index is 1.90. The summed E-state index contributed by atoms with van der Waals surface area (Å²) in [5.74, 6) is 0.382. The SMILES string of the molecule is CCCCCCCC(c1ccccc1)c1ccc2ccccc2c1N. The van der Waals surface area contributed by atoms with Gasteiger partial charge in [-0.1, -0.05) is 106 Å². The maximum Gasteiger partial charge on any atom is 0.0432 e. The molecule has 1 heteroatoms. The standard InChI is InChI=1S/C24H29N/c1-2-3-4-5-9-15-21(19-12-7-6-8-13-19)23-18-17-20-14-10-11-16-22(20)24(23)25/h6-8,10-14,16-18,21H,2-5,9,15,25H2,1H3. The van der Waals surface area contributed by atoms with Crippen LogP contribution in [0.3, 0.4) is 0 Å². The van der Waals surface area contributed by atoms with Gasteiger partial charge in [-0.25, -0.2) is 0 Å². The van der Waals surface area contributed by atoms with Gasteiger partial charge in [-0.2, -0.15) is 0 Å². The zero-order chi connectivity index (χ0) is 17.5. The van der Waals surface area contributed by atoms with Gasteiger partial charge in [0.2, 0.25) is 0 Å². The molecule has 3 aromatic carbocycles. The van der Waals surface area contributed by atoms with Crippen molar-refractivity contribution in [2.45, 2.75) is 51.4 Å². The molecule has 1 unspecified atom stereocenters. The molecule has 0 amide bonds. The minimum Gasteiger partial charge on any atom is -0.398 e. The Labute approximate surface area is 151 Å². The smallest absolute Gasteiger partial charge is 0.0432 e. The molecule has 3 rings (SSSR count). The molecule has 0 radical (unpaired) electrons. The molecule has 2 N–H and O–H groups in total. The Bertz CT molecular complexity index is 792.